The Morgan fingerprint density at radius 2 is 1.84 bits per heavy atom. The van der Waals surface area contributed by atoms with E-state index in [0.717, 1.165) is 23.5 Å². The topological polar surface area (TPSA) is 70.7 Å². The van der Waals surface area contributed by atoms with Gasteiger partial charge in [0.25, 0.3) is 5.91 Å². The number of anilines is 2. The molecular weight excluding hydrogens is 390 g/mol. The first-order valence-corrected chi connectivity index (χ1v) is 10.9. The second-order valence-electron chi connectivity index (χ2n) is 8.07. The second kappa shape index (κ2) is 9.35. The number of hydrogen-bond donors (Lipinski definition) is 2. The van der Waals surface area contributed by atoms with Crippen LogP contribution in [-0.4, -0.2) is 37.0 Å². The van der Waals surface area contributed by atoms with Crippen molar-refractivity contribution in [2.45, 2.75) is 39.2 Å². The number of nitrogens with one attached hydrogen (secondary N) is 2. The predicted molar refractivity (Wildman–Crippen MR) is 123 cm³/mol. The summed E-state index contributed by atoms with van der Waals surface area (Å²) >= 11 is 0. The van der Waals surface area contributed by atoms with Gasteiger partial charge in [-0.2, -0.15) is 0 Å². The average Bonchev–Trinajstić information content (AvgIpc) is 3.13. The van der Waals surface area contributed by atoms with Crippen LogP contribution in [0.15, 0.2) is 48.2 Å². The van der Waals surface area contributed by atoms with E-state index in [-0.39, 0.29) is 5.91 Å². The molecular formula is C25H29N3O3. The number of likely N-dealkylation sites (tertiary alicyclic amines) is 1. The number of benzene rings is 2. The van der Waals surface area contributed by atoms with Crippen LogP contribution < -0.4 is 10.6 Å². The largest absolute Gasteiger partial charge is 0.465 e. The number of carbonyl (C=O) groups is 2. The number of carbonyl (C=O) groups excluding carboxylic acids is 2. The molecule has 0 unspecified atom stereocenters. The van der Waals surface area contributed by atoms with Crippen LogP contribution in [0.1, 0.15) is 54.1 Å². The summed E-state index contributed by atoms with van der Waals surface area (Å²) in [5, 5.41) is 6.32. The van der Waals surface area contributed by atoms with Crippen molar-refractivity contribution in [3.05, 3.63) is 64.9 Å². The number of nitrogens with zero attached hydrogens (tertiary/aromatic N) is 1. The van der Waals surface area contributed by atoms with E-state index >= 15 is 0 Å². The molecule has 2 N–H and O–H groups in total. The van der Waals surface area contributed by atoms with E-state index in [2.05, 4.69) is 39.8 Å². The lowest BCUT2D eigenvalue weighted by atomic mass is 10.0. The van der Waals surface area contributed by atoms with Gasteiger partial charge < -0.3 is 15.4 Å². The van der Waals surface area contributed by atoms with E-state index in [9.17, 15) is 9.59 Å². The zero-order chi connectivity index (χ0) is 21.8. The SMILES string of the molecule is CC/C(Nc1ccc(CN2CCCCC2)cc1)=C1/C(=O)Nc2ccc(C(=O)OC)cc21. The van der Waals surface area contributed by atoms with Crippen LogP contribution in [0.2, 0.25) is 0 Å². The molecule has 0 radical (unpaired) electrons. The van der Waals surface area contributed by atoms with Crippen LogP contribution in [0.5, 0.6) is 0 Å². The Morgan fingerprint density at radius 1 is 1.10 bits per heavy atom. The van der Waals surface area contributed by atoms with E-state index in [1.54, 1.807) is 18.2 Å². The van der Waals surface area contributed by atoms with Gasteiger partial charge in [0.2, 0.25) is 0 Å². The molecule has 0 aromatic heterocycles. The minimum absolute atomic E-state index is 0.164. The molecule has 31 heavy (non-hydrogen) atoms. The Morgan fingerprint density at radius 3 is 2.52 bits per heavy atom. The maximum absolute atomic E-state index is 12.7. The number of esters is 1. The van der Waals surface area contributed by atoms with Gasteiger partial charge in [-0.15, -0.1) is 0 Å². The zero-order valence-electron chi connectivity index (χ0n) is 18.2. The van der Waals surface area contributed by atoms with E-state index in [4.69, 9.17) is 4.74 Å². The smallest absolute Gasteiger partial charge is 0.337 e. The van der Waals surface area contributed by atoms with Gasteiger partial charge in [-0.3, -0.25) is 9.69 Å². The minimum atomic E-state index is -0.420. The Labute approximate surface area is 183 Å². The highest BCUT2D eigenvalue weighted by atomic mass is 16.5. The molecule has 0 atom stereocenters. The molecule has 2 aliphatic rings. The maximum atomic E-state index is 12.7. The second-order valence-corrected chi connectivity index (χ2v) is 8.07. The van der Waals surface area contributed by atoms with Crippen molar-refractivity contribution in [3.8, 4) is 0 Å². The van der Waals surface area contributed by atoms with Crippen LogP contribution in [0.3, 0.4) is 0 Å². The number of methoxy groups -OCH3 is 1. The number of amides is 1. The summed E-state index contributed by atoms with van der Waals surface area (Å²) in [7, 11) is 1.35. The van der Waals surface area contributed by atoms with Gasteiger partial charge in [-0.1, -0.05) is 25.5 Å². The van der Waals surface area contributed by atoms with Gasteiger partial charge in [0.05, 0.1) is 18.2 Å². The summed E-state index contributed by atoms with van der Waals surface area (Å²) in [5.74, 6) is -0.583. The van der Waals surface area contributed by atoms with E-state index in [1.165, 1.54) is 45.0 Å². The van der Waals surface area contributed by atoms with Crippen LogP contribution in [0, 0.1) is 0 Å². The highest BCUT2D eigenvalue weighted by Crippen LogP contribution is 2.36. The molecule has 2 aromatic rings. The predicted octanol–water partition coefficient (Wildman–Crippen LogP) is 4.64. The van der Waals surface area contributed by atoms with Gasteiger partial charge in [0.1, 0.15) is 0 Å². The highest BCUT2D eigenvalue weighted by molar-refractivity contribution is 6.32. The third-order valence-corrected chi connectivity index (χ3v) is 5.94. The average molecular weight is 420 g/mol. The third kappa shape index (κ3) is 4.64. The number of piperidine rings is 1. The lowest BCUT2D eigenvalue weighted by molar-refractivity contribution is -0.110. The molecule has 2 aliphatic heterocycles. The lowest BCUT2D eigenvalue weighted by Crippen LogP contribution is -2.29. The fourth-order valence-corrected chi connectivity index (χ4v) is 4.28. The normalized spacial score (nSPS) is 17.7. The first-order chi connectivity index (χ1) is 15.1. The summed E-state index contributed by atoms with van der Waals surface area (Å²) in [5.41, 5.74) is 5.48. The Balaban J connectivity index is 1.56. The van der Waals surface area contributed by atoms with E-state index in [1.807, 2.05) is 6.92 Å². The molecule has 0 bridgehead atoms. The van der Waals surface area contributed by atoms with Gasteiger partial charge in [-0.25, -0.2) is 4.79 Å². The summed E-state index contributed by atoms with van der Waals surface area (Å²) in [6.07, 6.45) is 4.56. The molecule has 2 aromatic carbocycles. The number of allylic oxidation sites excluding steroid dienone is 1. The van der Waals surface area contributed by atoms with Crippen molar-refractivity contribution in [2.75, 3.05) is 30.8 Å². The highest BCUT2D eigenvalue weighted by Gasteiger charge is 2.28. The summed E-state index contributed by atoms with van der Waals surface area (Å²) < 4.78 is 4.83. The van der Waals surface area contributed by atoms with Crippen molar-refractivity contribution >= 4 is 28.8 Å². The molecule has 162 valence electrons. The molecule has 6 heteroatoms. The monoisotopic (exact) mass is 419 g/mol. The van der Waals surface area contributed by atoms with Gasteiger partial charge >= 0.3 is 5.97 Å². The van der Waals surface area contributed by atoms with Crippen molar-refractivity contribution in [1.29, 1.82) is 0 Å². The third-order valence-electron chi connectivity index (χ3n) is 5.94. The minimum Gasteiger partial charge on any atom is -0.465 e. The Bertz CT molecular complexity index is 1010. The van der Waals surface area contributed by atoms with E-state index < -0.39 is 5.97 Å². The molecule has 0 spiro atoms. The standard InChI is InChI=1S/C25H29N3O3/c1-3-21(23-20-15-18(25(30)31-2)9-12-22(20)27-24(23)29)26-19-10-7-17(8-11-19)16-28-13-5-4-6-14-28/h7-12,15,26H,3-6,13-14,16H2,1-2H3,(H,27,29)/b23-21-. The first kappa shape index (κ1) is 21.1. The lowest BCUT2D eigenvalue weighted by Gasteiger charge is -2.26. The summed E-state index contributed by atoms with van der Waals surface area (Å²) in [4.78, 5) is 27.2. The summed E-state index contributed by atoms with van der Waals surface area (Å²) in [6, 6.07) is 13.5. The summed E-state index contributed by atoms with van der Waals surface area (Å²) in [6.45, 7) is 5.34. The molecule has 0 saturated carbocycles. The number of fused-ring (bicyclic) bond motifs is 1. The van der Waals surface area contributed by atoms with Crippen molar-refractivity contribution in [3.63, 3.8) is 0 Å². The van der Waals surface area contributed by atoms with Crippen LogP contribution >= 0.6 is 0 Å². The number of ether oxygens (including phenoxy) is 1. The van der Waals surface area contributed by atoms with Crippen molar-refractivity contribution in [2.24, 2.45) is 0 Å². The van der Waals surface area contributed by atoms with Gasteiger partial charge in [0.15, 0.2) is 0 Å². The molecule has 6 nitrogen and oxygen atoms in total. The Hall–Kier alpha value is -3.12. The first-order valence-electron chi connectivity index (χ1n) is 10.9. The quantitative estimate of drug-likeness (QED) is 0.527. The maximum Gasteiger partial charge on any atom is 0.337 e. The Kier molecular flexibility index (Phi) is 6.37. The van der Waals surface area contributed by atoms with Gasteiger partial charge in [0, 0.05) is 29.2 Å². The molecule has 1 amide bonds. The van der Waals surface area contributed by atoms with E-state index in [0.29, 0.717) is 23.2 Å². The van der Waals surface area contributed by atoms with Gasteiger partial charge in [-0.05, 0) is 68.2 Å². The van der Waals surface area contributed by atoms with Crippen LogP contribution in [-0.2, 0) is 16.1 Å². The molecule has 1 fully saturated rings. The molecule has 1 saturated heterocycles. The fourth-order valence-electron chi connectivity index (χ4n) is 4.28. The van der Waals surface area contributed by atoms with Crippen molar-refractivity contribution in [1.82, 2.24) is 4.90 Å². The zero-order valence-corrected chi connectivity index (χ0v) is 18.2. The molecule has 2 heterocycles. The fraction of sp³-hybridized carbons (Fsp3) is 0.360. The van der Waals surface area contributed by atoms with Crippen molar-refractivity contribution < 1.29 is 14.3 Å². The number of rotatable bonds is 6. The number of hydrogen-bond acceptors (Lipinski definition) is 5. The molecule has 4 rings (SSSR count). The van der Waals surface area contributed by atoms with Crippen LogP contribution in [0.25, 0.3) is 5.57 Å². The molecule has 0 aliphatic carbocycles. The van der Waals surface area contributed by atoms with Crippen LogP contribution in [0.4, 0.5) is 11.4 Å².